The molecule has 1 N–H and O–H groups in total. The number of aliphatic hydroxyl groups is 1. The Hall–Kier alpha value is -2.37. The largest absolute Gasteiger partial charge is 0.383 e. The SMILES string of the molecule is O=C(c1ccc(CS(=O)(=O)c2cccc3scnc23)cc1)N1CCC(O)(c2ncc(Cl)s2)CC1. The van der Waals surface area contributed by atoms with Crippen LogP contribution < -0.4 is 0 Å². The number of halogens is 1. The molecule has 0 aliphatic carbocycles. The Morgan fingerprint density at radius 2 is 1.85 bits per heavy atom. The van der Waals surface area contributed by atoms with Crippen molar-refractivity contribution < 1.29 is 18.3 Å². The molecule has 11 heteroatoms. The van der Waals surface area contributed by atoms with Gasteiger partial charge in [0.1, 0.15) is 14.9 Å². The monoisotopic (exact) mass is 533 g/mol. The zero-order valence-corrected chi connectivity index (χ0v) is 21.1. The van der Waals surface area contributed by atoms with E-state index < -0.39 is 15.4 Å². The van der Waals surface area contributed by atoms with Gasteiger partial charge in [0.25, 0.3) is 5.91 Å². The Bertz CT molecular complexity index is 1460. The molecule has 2 aromatic heterocycles. The Labute approximate surface area is 209 Å². The maximum Gasteiger partial charge on any atom is 0.253 e. The molecule has 0 radical (unpaired) electrons. The smallest absolute Gasteiger partial charge is 0.253 e. The molecular formula is C23H20ClN3O4S3. The van der Waals surface area contributed by atoms with Gasteiger partial charge in [-0.3, -0.25) is 4.79 Å². The fourth-order valence-electron chi connectivity index (χ4n) is 4.10. The van der Waals surface area contributed by atoms with E-state index in [4.69, 9.17) is 11.6 Å². The number of likely N-dealkylation sites (tertiary alicyclic amines) is 1. The third kappa shape index (κ3) is 4.48. The molecule has 0 atom stereocenters. The fraction of sp³-hybridized carbons (Fsp3) is 0.261. The molecule has 2 aromatic carbocycles. The highest BCUT2D eigenvalue weighted by Gasteiger charge is 2.38. The lowest BCUT2D eigenvalue weighted by atomic mass is 9.91. The Kier molecular flexibility index (Phi) is 6.19. The van der Waals surface area contributed by atoms with Crippen LogP contribution in [-0.4, -0.2) is 47.4 Å². The third-order valence-corrected chi connectivity index (χ3v) is 9.78. The normalized spacial score (nSPS) is 16.1. The summed E-state index contributed by atoms with van der Waals surface area (Å²) in [7, 11) is -3.59. The predicted octanol–water partition coefficient (Wildman–Crippen LogP) is 4.50. The maximum absolute atomic E-state index is 13.0. The molecule has 1 amide bonds. The van der Waals surface area contributed by atoms with E-state index in [0.717, 1.165) is 4.70 Å². The van der Waals surface area contributed by atoms with E-state index in [9.17, 15) is 18.3 Å². The number of carbonyl (C=O) groups is 1. The van der Waals surface area contributed by atoms with Crippen LogP contribution >= 0.6 is 34.3 Å². The van der Waals surface area contributed by atoms with Crippen LogP contribution in [0.25, 0.3) is 10.2 Å². The van der Waals surface area contributed by atoms with Gasteiger partial charge in [0.05, 0.1) is 32.6 Å². The van der Waals surface area contributed by atoms with E-state index in [2.05, 4.69) is 9.97 Å². The number of fused-ring (bicyclic) bond motifs is 1. The first-order chi connectivity index (χ1) is 16.2. The molecule has 176 valence electrons. The van der Waals surface area contributed by atoms with Crippen LogP contribution in [0.4, 0.5) is 0 Å². The van der Waals surface area contributed by atoms with Crippen molar-refractivity contribution >= 4 is 60.2 Å². The summed E-state index contributed by atoms with van der Waals surface area (Å²) in [6.45, 7) is 0.778. The third-order valence-electron chi connectivity index (χ3n) is 5.97. The summed E-state index contributed by atoms with van der Waals surface area (Å²) in [5.74, 6) is -0.327. The molecule has 4 aromatic rings. The molecule has 1 aliphatic heterocycles. The van der Waals surface area contributed by atoms with Crippen LogP contribution in [-0.2, 0) is 21.2 Å². The van der Waals surface area contributed by atoms with E-state index in [1.165, 1.54) is 28.9 Å². The van der Waals surface area contributed by atoms with Gasteiger partial charge in [-0.2, -0.15) is 0 Å². The summed E-state index contributed by atoms with van der Waals surface area (Å²) in [5, 5.41) is 11.5. The predicted molar refractivity (Wildman–Crippen MR) is 133 cm³/mol. The van der Waals surface area contributed by atoms with Gasteiger partial charge in [0.15, 0.2) is 9.84 Å². The Morgan fingerprint density at radius 1 is 1.12 bits per heavy atom. The Morgan fingerprint density at radius 3 is 2.53 bits per heavy atom. The lowest BCUT2D eigenvalue weighted by molar-refractivity contribution is -0.0212. The first-order valence-electron chi connectivity index (χ1n) is 10.5. The van der Waals surface area contributed by atoms with Crippen molar-refractivity contribution in [3.63, 3.8) is 0 Å². The summed E-state index contributed by atoms with van der Waals surface area (Å²) in [4.78, 5) is 23.3. The lowest BCUT2D eigenvalue weighted by Crippen LogP contribution is -2.45. The molecule has 5 rings (SSSR count). The average molecular weight is 534 g/mol. The van der Waals surface area contributed by atoms with Gasteiger partial charge in [0, 0.05) is 31.5 Å². The number of carbonyl (C=O) groups excluding carboxylic acids is 1. The number of rotatable bonds is 5. The average Bonchev–Trinajstić information content (AvgIpc) is 3.48. The second kappa shape index (κ2) is 9.01. The molecule has 34 heavy (non-hydrogen) atoms. The standard InChI is InChI=1S/C23H20ClN3O4S3/c24-19-12-25-22(33-19)23(29)8-10-27(11-9-23)21(28)16-6-4-15(5-7-16)13-34(30,31)18-3-1-2-17-20(18)26-14-32-17/h1-7,12,14,29H,8-11,13H2. The van der Waals surface area contributed by atoms with Crippen LogP contribution in [0.3, 0.4) is 0 Å². The number of hydrogen-bond donors (Lipinski definition) is 1. The number of piperidine rings is 1. The highest BCUT2D eigenvalue weighted by Crippen LogP contribution is 2.37. The molecule has 0 spiro atoms. The molecule has 1 aliphatic rings. The fourth-order valence-corrected chi connectivity index (χ4v) is 7.45. The number of amides is 1. The summed E-state index contributed by atoms with van der Waals surface area (Å²) in [6, 6.07) is 11.8. The quantitative estimate of drug-likeness (QED) is 0.405. The van der Waals surface area contributed by atoms with E-state index in [1.54, 1.807) is 46.8 Å². The highest BCUT2D eigenvalue weighted by atomic mass is 35.5. The van der Waals surface area contributed by atoms with Crippen LogP contribution in [0.5, 0.6) is 0 Å². The zero-order chi connectivity index (χ0) is 23.9. The summed E-state index contributed by atoms with van der Waals surface area (Å²) in [6.07, 6.45) is 2.28. The van der Waals surface area contributed by atoms with Crippen molar-refractivity contribution in [3.8, 4) is 0 Å². The van der Waals surface area contributed by atoms with Crippen molar-refractivity contribution in [1.29, 1.82) is 0 Å². The van der Waals surface area contributed by atoms with Gasteiger partial charge in [-0.25, -0.2) is 18.4 Å². The van der Waals surface area contributed by atoms with Crippen molar-refractivity contribution in [2.75, 3.05) is 13.1 Å². The summed E-state index contributed by atoms with van der Waals surface area (Å²) >= 11 is 8.60. The molecular weight excluding hydrogens is 514 g/mol. The van der Waals surface area contributed by atoms with Gasteiger partial charge < -0.3 is 10.0 Å². The first-order valence-corrected chi connectivity index (χ1v) is 14.3. The van der Waals surface area contributed by atoms with Crippen molar-refractivity contribution in [2.24, 2.45) is 0 Å². The second-order valence-electron chi connectivity index (χ2n) is 8.20. The summed E-state index contributed by atoms with van der Waals surface area (Å²) < 4.78 is 27.4. The van der Waals surface area contributed by atoms with Crippen molar-refractivity contribution in [2.45, 2.75) is 29.1 Å². The summed E-state index contributed by atoms with van der Waals surface area (Å²) in [5.41, 5.74) is 2.12. The lowest BCUT2D eigenvalue weighted by Gasteiger charge is -2.37. The molecule has 1 saturated heterocycles. The minimum atomic E-state index is -3.59. The van der Waals surface area contributed by atoms with Crippen molar-refractivity contribution in [3.05, 3.63) is 74.6 Å². The number of thiazole rings is 2. The van der Waals surface area contributed by atoms with Gasteiger partial charge in [-0.05, 0) is 29.8 Å². The topological polar surface area (TPSA) is 100 Å². The minimum absolute atomic E-state index is 0.152. The maximum atomic E-state index is 13.0. The van der Waals surface area contributed by atoms with Gasteiger partial charge in [-0.15, -0.1) is 22.7 Å². The minimum Gasteiger partial charge on any atom is -0.383 e. The number of nitrogens with zero attached hydrogens (tertiary/aromatic N) is 3. The highest BCUT2D eigenvalue weighted by molar-refractivity contribution is 7.90. The molecule has 0 bridgehead atoms. The zero-order valence-electron chi connectivity index (χ0n) is 17.8. The first kappa shape index (κ1) is 23.4. The molecule has 7 nitrogen and oxygen atoms in total. The van der Waals surface area contributed by atoms with E-state index in [-0.39, 0.29) is 16.6 Å². The number of sulfone groups is 1. The van der Waals surface area contributed by atoms with Gasteiger partial charge in [-0.1, -0.05) is 29.8 Å². The van der Waals surface area contributed by atoms with Crippen LogP contribution in [0.15, 0.2) is 59.1 Å². The van der Waals surface area contributed by atoms with Crippen LogP contribution in [0.2, 0.25) is 4.34 Å². The van der Waals surface area contributed by atoms with E-state index in [1.807, 2.05) is 6.07 Å². The second-order valence-corrected chi connectivity index (χ2v) is 12.7. The van der Waals surface area contributed by atoms with Crippen LogP contribution in [0, 0.1) is 0 Å². The molecule has 3 heterocycles. The van der Waals surface area contributed by atoms with E-state index in [0.29, 0.717) is 51.9 Å². The van der Waals surface area contributed by atoms with Crippen LogP contribution in [0.1, 0.15) is 33.8 Å². The molecule has 0 saturated carbocycles. The molecule has 1 fully saturated rings. The molecule has 0 unspecified atom stereocenters. The van der Waals surface area contributed by atoms with Gasteiger partial charge in [0.2, 0.25) is 0 Å². The number of para-hydroxylation sites is 1. The van der Waals surface area contributed by atoms with Gasteiger partial charge >= 0.3 is 0 Å². The van der Waals surface area contributed by atoms with E-state index >= 15 is 0 Å². The number of benzene rings is 2. The Balaban J connectivity index is 1.26. The number of hydrogen-bond acceptors (Lipinski definition) is 8. The number of aromatic nitrogens is 2. The van der Waals surface area contributed by atoms with Crippen molar-refractivity contribution in [1.82, 2.24) is 14.9 Å².